The first kappa shape index (κ1) is 20.4. The quantitative estimate of drug-likeness (QED) is 0.360. The zero-order chi connectivity index (χ0) is 21.5. The van der Waals surface area contributed by atoms with Crippen LogP contribution in [-0.4, -0.2) is 22.4 Å². The summed E-state index contributed by atoms with van der Waals surface area (Å²) in [6.45, 7) is 4.10. The molecule has 0 aliphatic rings. The van der Waals surface area contributed by atoms with Crippen molar-refractivity contribution < 1.29 is 0 Å². The van der Waals surface area contributed by atoms with Crippen LogP contribution >= 0.6 is 0 Å². The SMILES string of the molecule is Cc1ccnc(C=Nc2ccc(Cc3ccc(N=Cc4cc(C)ccn4)cc3)cc2)c1. The molecule has 0 radical (unpaired) electrons. The van der Waals surface area contributed by atoms with E-state index in [1.807, 2.05) is 62.4 Å². The van der Waals surface area contributed by atoms with E-state index in [1.165, 1.54) is 22.3 Å². The molecular formula is C27H24N4. The first-order valence-electron chi connectivity index (χ1n) is 10.3. The van der Waals surface area contributed by atoms with Crippen molar-refractivity contribution in [3.05, 3.63) is 119 Å². The van der Waals surface area contributed by atoms with E-state index in [1.54, 1.807) is 24.8 Å². The van der Waals surface area contributed by atoms with E-state index in [-0.39, 0.29) is 0 Å². The molecule has 0 N–H and O–H groups in total. The molecule has 2 aromatic carbocycles. The molecule has 2 aromatic heterocycles. The van der Waals surface area contributed by atoms with Crippen molar-refractivity contribution in [2.45, 2.75) is 20.3 Å². The first-order valence-corrected chi connectivity index (χ1v) is 10.3. The highest BCUT2D eigenvalue weighted by atomic mass is 14.8. The van der Waals surface area contributed by atoms with Gasteiger partial charge in [-0.05, 0) is 91.1 Å². The van der Waals surface area contributed by atoms with E-state index in [4.69, 9.17) is 0 Å². The van der Waals surface area contributed by atoms with Gasteiger partial charge in [0.25, 0.3) is 0 Å². The van der Waals surface area contributed by atoms with Crippen LogP contribution in [0.3, 0.4) is 0 Å². The molecule has 0 bridgehead atoms. The Morgan fingerprint density at radius 2 is 1.03 bits per heavy atom. The standard InChI is InChI=1S/C27H24N4/c1-20-11-13-28-26(15-20)18-30-24-7-3-22(4-8-24)17-23-5-9-25(10-6-23)31-19-27-16-21(2)12-14-29-27/h3-16,18-19H,17H2,1-2H3. The van der Waals surface area contributed by atoms with Crippen LogP contribution in [0.15, 0.2) is 95.2 Å². The Labute approximate surface area is 183 Å². The molecule has 0 unspecified atom stereocenters. The van der Waals surface area contributed by atoms with Crippen molar-refractivity contribution in [3.8, 4) is 0 Å². The molecule has 0 saturated heterocycles. The highest BCUT2D eigenvalue weighted by Crippen LogP contribution is 2.18. The summed E-state index contributed by atoms with van der Waals surface area (Å²) >= 11 is 0. The van der Waals surface area contributed by atoms with Crippen LogP contribution in [0.25, 0.3) is 0 Å². The van der Waals surface area contributed by atoms with Crippen molar-refractivity contribution in [1.82, 2.24) is 9.97 Å². The minimum absolute atomic E-state index is 0.866. The van der Waals surface area contributed by atoms with Gasteiger partial charge in [-0.2, -0.15) is 0 Å². The number of nitrogens with zero attached hydrogens (tertiary/aromatic N) is 4. The van der Waals surface area contributed by atoms with Crippen LogP contribution in [0.2, 0.25) is 0 Å². The van der Waals surface area contributed by atoms with Crippen LogP contribution in [0.4, 0.5) is 11.4 Å². The van der Waals surface area contributed by atoms with Crippen molar-refractivity contribution in [3.63, 3.8) is 0 Å². The van der Waals surface area contributed by atoms with E-state index in [0.717, 1.165) is 29.2 Å². The lowest BCUT2D eigenvalue weighted by Gasteiger charge is -2.03. The minimum Gasteiger partial charge on any atom is -0.255 e. The fraction of sp³-hybridized carbons (Fsp3) is 0.111. The fourth-order valence-electron chi connectivity index (χ4n) is 3.18. The van der Waals surface area contributed by atoms with Crippen LogP contribution in [-0.2, 0) is 6.42 Å². The second-order valence-electron chi connectivity index (χ2n) is 7.54. The molecule has 152 valence electrons. The predicted molar refractivity (Wildman–Crippen MR) is 128 cm³/mol. The van der Waals surface area contributed by atoms with Gasteiger partial charge in [-0.15, -0.1) is 0 Å². The molecule has 0 aliphatic carbocycles. The maximum absolute atomic E-state index is 4.52. The zero-order valence-corrected chi connectivity index (χ0v) is 17.7. The number of pyridine rings is 2. The highest BCUT2D eigenvalue weighted by Gasteiger charge is 1.99. The van der Waals surface area contributed by atoms with E-state index < -0.39 is 0 Å². The summed E-state index contributed by atoms with van der Waals surface area (Å²) in [6, 6.07) is 24.6. The summed E-state index contributed by atoms with van der Waals surface area (Å²) in [5.74, 6) is 0. The highest BCUT2D eigenvalue weighted by molar-refractivity contribution is 5.80. The molecule has 0 saturated carbocycles. The lowest BCUT2D eigenvalue weighted by Crippen LogP contribution is -1.89. The Bertz CT molecular complexity index is 1110. The smallest absolute Gasteiger partial charge is 0.0815 e. The largest absolute Gasteiger partial charge is 0.255 e. The van der Waals surface area contributed by atoms with Gasteiger partial charge < -0.3 is 0 Å². The number of hydrogen-bond acceptors (Lipinski definition) is 4. The maximum atomic E-state index is 4.52. The van der Waals surface area contributed by atoms with E-state index in [2.05, 4.69) is 44.2 Å². The third-order valence-electron chi connectivity index (χ3n) is 4.85. The summed E-state index contributed by atoms with van der Waals surface area (Å²) in [6.07, 6.45) is 8.07. The third-order valence-corrected chi connectivity index (χ3v) is 4.85. The van der Waals surface area contributed by atoms with Crippen molar-refractivity contribution in [2.75, 3.05) is 0 Å². The Balaban J connectivity index is 1.37. The van der Waals surface area contributed by atoms with Gasteiger partial charge in [0.15, 0.2) is 0 Å². The van der Waals surface area contributed by atoms with Gasteiger partial charge >= 0.3 is 0 Å². The number of hydrogen-bond donors (Lipinski definition) is 0. The summed E-state index contributed by atoms with van der Waals surface area (Å²) in [7, 11) is 0. The third kappa shape index (κ3) is 6.03. The van der Waals surface area contributed by atoms with Gasteiger partial charge in [0.05, 0.1) is 35.2 Å². The van der Waals surface area contributed by atoms with Crippen LogP contribution in [0.5, 0.6) is 0 Å². The van der Waals surface area contributed by atoms with Crippen molar-refractivity contribution >= 4 is 23.8 Å². The molecule has 0 atom stereocenters. The Morgan fingerprint density at radius 1 is 0.613 bits per heavy atom. The molecule has 4 aromatic rings. The molecule has 0 amide bonds. The normalized spacial score (nSPS) is 11.4. The lowest BCUT2D eigenvalue weighted by atomic mass is 10.0. The molecule has 2 heterocycles. The molecule has 0 spiro atoms. The van der Waals surface area contributed by atoms with Crippen molar-refractivity contribution in [1.29, 1.82) is 0 Å². The average molecular weight is 405 g/mol. The van der Waals surface area contributed by atoms with Crippen LogP contribution in [0, 0.1) is 13.8 Å². The molecule has 0 fully saturated rings. The monoisotopic (exact) mass is 404 g/mol. The molecular weight excluding hydrogens is 380 g/mol. The van der Waals surface area contributed by atoms with Gasteiger partial charge in [0, 0.05) is 12.4 Å². The number of aryl methyl sites for hydroxylation is 2. The van der Waals surface area contributed by atoms with Crippen molar-refractivity contribution in [2.24, 2.45) is 9.98 Å². The number of aromatic nitrogens is 2. The number of benzene rings is 2. The second-order valence-corrected chi connectivity index (χ2v) is 7.54. The van der Waals surface area contributed by atoms with Gasteiger partial charge in [-0.25, -0.2) is 0 Å². The second kappa shape index (κ2) is 9.72. The van der Waals surface area contributed by atoms with E-state index >= 15 is 0 Å². The summed E-state index contributed by atoms with van der Waals surface area (Å²) in [5.41, 5.74) is 8.41. The van der Waals surface area contributed by atoms with Gasteiger partial charge in [0.1, 0.15) is 0 Å². The first-order chi connectivity index (χ1) is 15.1. The average Bonchev–Trinajstić information content (AvgIpc) is 2.78. The lowest BCUT2D eigenvalue weighted by molar-refractivity contribution is 1.19. The molecule has 0 aliphatic heterocycles. The molecule has 31 heavy (non-hydrogen) atoms. The molecule has 4 rings (SSSR count). The van der Waals surface area contributed by atoms with Gasteiger partial charge in [-0.3, -0.25) is 20.0 Å². The zero-order valence-electron chi connectivity index (χ0n) is 17.7. The number of aliphatic imine (C=N–C) groups is 2. The van der Waals surface area contributed by atoms with Gasteiger partial charge in [0.2, 0.25) is 0 Å². The Morgan fingerprint density at radius 3 is 1.42 bits per heavy atom. The minimum atomic E-state index is 0.866. The summed E-state index contributed by atoms with van der Waals surface area (Å²) in [5, 5.41) is 0. The molecule has 4 heteroatoms. The Hall–Kier alpha value is -3.92. The summed E-state index contributed by atoms with van der Waals surface area (Å²) < 4.78 is 0. The fourth-order valence-corrected chi connectivity index (χ4v) is 3.18. The Kier molecular flexibility index (Phi) is 6.38. The van der Waals surface area contributed by atoms with Gasteiger partial charge in [-0.1, -0.05) is 24.3 Å². The summed E-state index contributed by atoms with van der Waals surface area (Å²) in [4.78, 5) is 17.7. The maximum Gasteiger partial charge on any atom is 0.0815 e. The van der Waals surface area contributed by atoms with E-state index in [0.29, 0.717) is 0 Å². The molecule has 4 nitrogen and oxygen atoms in total. The predicted octanol–water partition coefficient (Wildman–Crippen LogP) is 6.19. The number of rotatable bonds is 6. The van der Waals surface area contributed by atoms with Crippen LogP contribution in [0.1, 0.15) is 33.6 Å². The van der Waals surface area contributed by atoms with E-state index in [9.17, 15) is 0 Å². The van der Waals surface area contributed by atoms with Crippen LogP contribution < -0.4 is 0 Å². The topological polar surface area (TPSA) is 50.5 Å².